The molecule has 6 heteroatoms. The average Bonchev–Trinajstić information content (AvgIpc) is 2.60. The third-order valence-electron chi connectivity index (χ3n) is 3.70. The van der Waals surface area contributed by atoms with Crippen molar-refractivity contribution in [3.8, 4) is 11.5 Å². The molecule has 0 spiro atoms. The summed E-state index contributed by atoms with van der Waals surface area (Å²) in [5.41, 5.74) is 2.32. The maximum atomic E-state index is 13.6. The molecule has 0 bridgehead atoms. The highest BCUT2D eigenvalue weighted by Gasteiger charge is 2.04. The number of hydrogen-bond acceptors (Lipinski definition) is 3. The van der Waals surface area contributed by atoms with Crippen molar-refractivity contribution in [1.82, 2.24) is 10.6 Å². The van der Waals surface area contributed by atoms with Gasteiger partial charge >= 0.3 is 0 Å². The lowest BCUT2D eigenvalue weighted by molar-refractivity contribution is 0.373. The highest BCUT2D eigenvalue weighted by Crippen LogP contribution is 2.26. The van der Waals surface area contributed by atoms with Crippen molar-refractivity contribution in [3.63, 3.8) is 0 Å². The van der Waals surface area contributed by atoms with E-state index >= 15 is 0 Å². The zero-order valence-corrected chi connectivity index (χ0v) is 14.8. The summed E-state index contributed by atoms with van der Waals surface area (Å²) in [5, 5.41) is 16.2. The van der Waals surface area contributed by atoms with Crippen molar-refractivity contribution < 1.29 is 14.2 Å². The molecule has 0 aliphatic heterocycles. The van der Waals surface area contributed by atoms with Crippen LogP contribution in [0.25, 0.3) is 0 Å². The minimum absolute atomic E-state index is 0.0962. The number of benzene rings is 2. The molecule has 2 aromatic rings. The van der Waals surface area contributed by atoms with Gasteiger partial charge in [0.1, 0.15) is 5.82 Å². The van der Waals surface area contributed by atoms with E-state index in [1.165, 1.54) is 13.2 Å². The molecule has 0 saturated heterocycles. The van der Waals surface area contributed by atoms with Gasteiger partial charge in [-0.25, -0.2) is 9.38 Å². The first kappa shape index (κ1) is 18.6. The van der Waals surface area contributed by atoms with Crippen molar-refractivity contribution in [2.45, 2.75) is 26.9 Å². The molecular formula is C19H24FN3O2. The van der Waals surface area contributed by atoms with Crippen LogP contribution in [0.2, 0.25) is 0 Å². The van der Waals surface area contributed by atoms with Crippen LogP contribution >= 0.6 is 0 Å². The number of ether oxygens (including phenoxy) is 1. The van der Waals surface area contributed by atoms with E-state index in [0.717, 1.165) is 11.1 Å². The van der Waals surface area contributed by atoms with Crippen molar-refractivity contribution >= 4 is 5.96 Å². The smallest absolute Gasteiger partial charge is 0.191 e. The van der Waals surface area contributed by atoms with Crippen LogP contribution in [-0.2, 0) is 13.1 Å². The van der Waals surface area contributed by atoms with Gasteiger partial charge in [0.15, 0.2) is 17.5 Å². The van der Waals surface area contributed by atoms with Gasteiger partial charge in [-0.15, -0.1) is 0 Å². The number of aromatic hydroxyl groups is 1. The molecule has 0 aromatic heterocycles. The van der Waals surface area contributed by atoms with Crippen LogP contribution in [0.5, 0.6) is 11.5 Å². The van der Waals surface area contributed by atoms with Gasteiger partial charge in [0.05, 0.1) is 13.7 Å². The number of rotatable bonds is 6. The molecule has 0 aliphatic carbocycles. The van der Waals surface area contributed by atoms with Gasteiger partial charge < -0.3 is 20.5 Å². The summed E-state index contributed by atoms with van der Waals surface area (Å²) < 4.78 is 18.6. The normalized spacial score (nSPS) is 11.3. The molecule has 0 unspecified atom stereocenters. The van der Waals surface area contributed by atoms with Gasteiger partial charge in [-0.1, -0.05) is 18.2 Å². The Morgan fingerprint density at radius 2 is 1.92 bits per heavy atom. The Morgan fingerprint density at radius 3 is 2.56 bits per heavy atom. The molecule has 3 N–H and O–H groups in total. The Labute approximate surface area is 147 Å². The van der Waals surface area contributed by atoms with E-state index in [0.29, 0.717) is 36.9 Å². The van der Waals surface area contributed by atoms with Crippen molar-refractivity contribution in [1.29, 1.82) is 0 Å². The SMILES string of the molecule is CCNC(=NCc1ccc(C)c(F)c1)NCc1ccc(OC)c(O)c1. The molecule has 2 aromatic carbocycles. The van der Waals surface area contributed by atoms with E-state index in [-0.39, 0.29) is 11.6 Å². The fourth-order valence-electron chi connectivity index (χ4n) is 2.28. The maximum Gasteiger partial charge on any atom is 0.191 e. The molecule has 5 nitrogen and oxygen atoms in total. The number of nitrogens with one attached hydrogen (secondary N) is 2. The number of phenolic OH excluding ortho intramolecular Hbond substituents is 1. The Morgan fingerprint density at radius 1 is 1.16 bits per heavy atom. The lowest BCUT2D eigenvalue weighted by Crippen LogP contribution is -2.36. The molecule has 0 radical (unpaired) electrons. The number of methoxy groups -OCH3 is 1. The second kappa shape index (κ2) is 8.92. The number of halogens is 1. The molecule has 0 atom stereocenters. The standard InChI is InChI=1S/C19H24FN3O2/c1-4-21-19(22-11-14-6-5-13(2)16(20)9-14)23-12-15-7-8-18(25-3)17(24)10-15/h5-10,24H,4,11-12H2,1-3H3,(H2,21,22,23). The van der Waals surface area contributed by atoms with Crippen LogP contribution in [0.15, 0.2) is 41.4 Å². The molecule has 0 fully saturated rings. The maximum absolute atomic E-state index is 13.6. The third kappa shape index (κ3) is 5.38. The van der Waals surface area contributed by atoms with E-state index in [1.807, 2.05) is 19.1 Å². The summed E-state index contributed by atoms with van der Waals surface area (Å²) in [4.78, 5) is 4.47. The molecule has 0 aliphatic rings. The summed E-state index contributed by atoms with van der Waals surface area (Å²) in [6.07, 6.45) is 0. The summed E-state index contributed by atoms with van der Waals surface area (Å²) in [6.45, 7) is 5.29. The monoisotopic (exact) mass is 345 g/mol. The Kier molecular flexibility index (Phi) is 6.62. The molecule has 25 heavy (non-hydrogen) atoms. The summed E-state index contributed by atoms with van der Waals surface area (Å²) in [6, 6.07) is 10.3. The summed E-state index contributed by atoms with van der Waals surface area (Å²) in [7, 11) is 1.51. The van der Waals surface area contributed by atoms with E-state index < -0.39 is 0 Å². The molecular weight excluding hydrogens is 321 g/mol. The van der Waals surface area contributed by atoms with E-state index in [2.05, 4.69) is 15.6 Å². The zero-order chi connectivity index (χ0) is 18.2. The quantitative estimate of drug-likeness (QED) is 0.556. The van der Waals surface area contributed by atoms with Crippen LogP contribution in [0, 0.1) is 12.7 Å². The molecule has 2 rings (SSSR count). The molecule has 134 valence electrons. The largest absolute Gasteiger partial charge is 0.504 e. The van der Waals surface area contributed by atoms with Crippen molar-refractivity contribution in [2.75, 3.05) is 13.7 Å². The number of phenols is 1. The summed E-state index contributed by atoms with van der Waals surface area (Å²) in [5.74, 6) is 0.933. The van der Waals surface area contributed by atoms with Crippen LogP contribution < -0.4 is 15.4 Å². The van der Waals surface area contributed by atoms with Crippen molar-refractivity contribution in [3.05, 3.63) is 58.9 Å². The van der Waals surface area contributed by atoms with E-state index in [1.54, 1.807) is 25.1 Å². The first-order valence-electron chi connectivity index (χ1n) is 8.16. The average molecular weight is 345 g/mol. The Hall–Kier alpha value is -2.76. The van der Waals surface area contributed by atoms with Gasteiger partial charge in [0.2, 0.25) is 0 Å². The minimum Gasteiger partial charge on any atom is -0.504 e. The predicted molar refractivity (Wildman–Crippen MR) is 97.5 cm³/mol. The van der Waals surface area contributed by atoms with Crippen LogP contribution in [0.1, 0.15) is 23.6 Å². The Balaban J connectivity index is 2.01. The molecule has 0 amide bonds. The first-order chi connectivity index (χ1) is 12.0. The number of guanidine groups is 1. The molecule has 0 saturated carbocycles. The van der Waals surface area contributed by atoms with Gasteiger partial charge in [0, 0.05) is 13.1 Å². The van der Waals surface area contributed by atoms with Gasteiger partial charge in [-0.2, -0.15) is 0 Å². The zero-order valence-electron chi connectivity index (χ0n) is 14.8. The van der Waals surface area contributed by atoms with Gasteiger partial charge in [-0.05, 0) is 48.7 Å². The highest BCUT2D eigenvalue weighted by atomic mass is 19.1. The number of aryl methyl sites for hydroxylation is 1. The highest BCUT2D eigenvalue weighted by molar-refractivity contribution is 5.79. The van der Waals surface area contributed by atoms with Crippen LogP contribution in [0.3, 0.4) is 0 Å². The van der Waals surface area contributed by atoms with Gasteiger partial charge in [0.25, 0.3) is 0 Å². The van der Waals surface area contributed by atoms with Crippen LogP contribution in [0.4, 0.5) is 4.39 Å². The van der Waals surface area contributed by atoms with E-state index in [9.17, 15) is 9.50 Å². The second-order valence-corrected chi connectivity index (χ2v) is 5.64. The first-order valence-corrected chi connectivity index (χ1v) is 8.16. The number of nitrogens with zero attached hydrogens (tertiary/aromatic N) is 1. The number of aliphatic imine (C=N–C) groups is 1. The van der Waals surface area contributed by atoms with Crippen molar-refractivity contribution in [2.24, 2.45) is 4.99 Å². The summed E-state index contributed by atoms with van der Waals surface area (Å²) >= 11 is 0. The minimum atomic E-state index is -0.223. The number of hydrogen-bond donors (Lipinski definition) is 3. The predicted octanol–water partition coefficient (Wildman–Crippen LogP) is 3.10. The third-order valence-corrected chi connectivity index (χ3v) is 3.70. The topological polar surface area (TPSA) is 65.9 Å². The van der Waals surface area contributed by atoms with Crippen LogP contribution in [-0.4, -0.2) is 24.7 Å². The fourth-order valence-corrected chi connectivity index (χ4v) is 2.28. The van der Waals surface area contributed by atoms with Gasteiger partial charge in [-0.3, -0.25) is 0 Å². The second-order valence-electron chi connectivity index (χ2n) is 5.64. The lowest BCUT2D eigenvalue weighted by atomic mass is 10.1. The molecule has 0 heterocycles. The van der Waals surface area contributed by atoms with E-state index in [4.69, 9.17) is 4.74 Å². The lowest BCUT2D eigenvalue weighted by Gasteiger charge is -2.12. The Bertz CT molecular complexity index is 747. The fraction of sp³-hybridized carbons (Fsp3) is 0.316.